The van der Waals surface area contributed by atoms with Crippen LogP contribution in [0.25, 0.3) is 0 Å². The Labute approximate surface area is 152 Å². The number of aliphatic hydroxyl groups is 2. The lowest BCUT2D eigenvalue weighted by Gasteiger charge is -2.25. The number of phosphoric ester groups is 1. The Morgan fingerprint density at radius 2 is 1.88 bits per heavy atom. The normalized spacial score (nSPS) is 31.1. The molecule has 0 bridgehead atoms. The predicted octanol–water partition coefficient (Wildman–Crippen LogP) is -0.0778. The van der Waals surface area contributed by atoms with Gasteiger partial charge >= 0.3 is 7.82 Å². The fourth-order valence-electron chi connectivity index (χ4n) is 2.61. The maximum absolute atomic E-state index is 13.0. The standard InChI is InChI=1S/C15H28NO9P/c1-16(2)15(19)5-8-23-26(20,24-10-14-11(18)3-6-22-14)25-12-4-7-21-13(12)9-17/h11-14,17-18H,3-10H2,1-2H3/t11?,12?,13-,14-,26+/m1/s1. The lowest BCUT2D eigenvalue weighted by Crippen LogP contribution is -2.30. The summed E-state index contributed by atoms with van der Waals surface area (Å²) in [5.41, 5.74) is 0. The molecule has 2 N–H and O–H groups in total. The van der Waals surface area contributed by atoms with Crippen LogP contribution in [0, 0.1) is 0 Å². The van der Waals surface area contributed by atoms with Gasteiger partial charge in [-0.15, -0.1) is 0 Å². The van der Waals surface area contributed by atoms with E-state index >= 15 is 0 Å². The predicted molar refractivity (Wildman–Crippen MR) is 89.5 cm³/mol. The molecular weight excluding hydrogens is 369 g/mol. The quantitative estimate of drug-likeness (QED) is 0.487. The van der Waals surface area contributed by atoms with Crippen molar-refractivity contribution in [2.45, 2.75) is 43.7 Å². The number of carbonyl (C=O) groups is 1. The summed E-state index contributed by atoms with van der Waals surface area (Å²) >= 11 is 0. The lowest BCUT2D eigenvalue weighted by atomic mass is 10.2. The van der Waals surface area contributed by atoms with E-state index in [1.165, 1.54) is 4.90 Å². The van der Waals surface area contributed by atoms with Crippen LogP contribution in [-0.4, -0.2) is 92.6 Å². The molecule has 2 saturated heterocycles. The van der Waals surface area contributed by atoms with Gasteiger partial charge in [0.25, 0.3) is 0 Å². The van der Waals surface area contributed by atoms with Crippen LogP contribution >= 0.6 is 7.82 Å². The highest BCUT2D eigenvalue weighted by atomic mass is 31.2. The minimum Gasteiger partial charge on any atom is -0.394 e. The lowest BCUT2D eigenvalue weighted by molar-refractivity contribution is -0.129. The number of hydrogen-bond acceptors (Lipinski definition) is 9. The Morgan fingerprint density at radius 3 is 2.50 bits per heavy atom. The van der Waals surface area contributed by atoms with Gasteiger partial charge in [-0.2, -0.15) is 0 Å². The van der Waals surface area contributed by atoms with Crippen LogP contribution in [0.15, 0.2) is 0 Å². The van der Waals surface area contributed by atoms with Crippen LogP contribution in [0.2, 0.25) is 0 Å². The molecule has 0 aromatic rings. The Hall–Kier alpha value is -0.580. The van der Waals surface area contributed by atoms with Crippen LogP contribution in [0.1, 0.15) is 19.3 Å². The number of amides is 1. The van der Waals surface area contributed by atoms with E-state index in [2.05, 4.69) is 0 Å². The van der Waals surface area contributed by atoms with Gasteiger partial charge in [0.05, 0.1) is 32.3 Å². The van der Waals surface area contributed by atoms with Crippen molar-refractivity contribution >= 4 is 13.7 Å². The second-order valence-corrected chi connectivity index (χ2v) is 8.03. The van der Waals surface area contributed by atoms with Crippen LogP contribution in [0.3, 0.4) is 0 Å². The molecule has 1 amide bonds. The molecule has 2 rings (SSSR count). The SMILES string of the molecule is CN(C)C(=O)CCO[P@@](=O)(OC[C@H]1OCCC1O)OC1CCO[C@@H]1CO. The van der Waals surface area contributed by atoms with Crippen LogP contribution in [-0.2, 0) is 32.4 Å². The molecular formula is C15H28NO9P. The Kier molecular flexibility index (Phi) is 8.43. The highest BCUT2D eigenvalue weighted by molar-refractivity contribution is 7.48. The number of hydrogen-bond donors (Lipinski definition) is 2. The van der Waals surface area contributed by atoms with Gasteiger partial charge in [-0.05, 0) is 6.42 Å². The summed E-state index contributed by atoms with van der Waals surface area (Å²) in [4.78, 5) is 13.0. The van der Waals surface area contributed by atoms with Crippen molar-refractivity contribution in [3.8, 4) is 0 Å². The van der Waals surface area contributed by atoms with Crippen molar-refractivity contribution in [3.05, 3.63) is 0 Å². The summed E-state index contributed by atoms with van der Waals surface area (Å²) in [5, 5.41) is 19.1. The van der Waals surface area contributed by atoms with Crippen molar-refractivity contribution < 1.29 is 42.6 Å². The highest BCUT2D eigenvalue weighted by Gasteiger charge is 2.39. The van der Waals surface area contributed by atoms with Crippen LogP contribution in [0.4, 0.5) is 0 Å². The van der Waals surface area contributed by atoms with Gasteiger partial charge in [-0.25, -0.2) is 4.57 Å². The Balaban J connectivity index is 1.94. The van der Waals surface area contributed by atoms with E-state index in [0.29, 0.717) is 26.1 Å². The second kappa shape index (κ2) is 10.1. The van der Waals surface area contributed by atoms with Crippen molar-refractivity contribution in [1.82, 2.24) is 4.90 Å². The zero-order chi connectivity index (χ0) is 19.2. The second-order valence-electron chi connectivity index (χ2n) is 6.40. The molecule has 2 fully saturated rings. The molecule has 11 heteroatoms. The maximum Gasteiger partial charge on any atom is 0.475 e. The largest absolute Gasteiger partial charge is 0.475 e. The fourth-order valence-corrected chi connectivity index (χ4v) is 4.03. The first kappa shape index (κ1) is 21.7. The molecule has 10 nitrogen and oxygen atoms in total. The molecule has 0 spiro atoms. The Bertz CT molecular complexity index is 504. The van der Waals surface area contributed by atoms with E-state index in [-0.39, 0.29) is 32.1 Å². The summed E-state index contributed by atoms with van der Waals surface area (Å²) in [7, 11) is -0.824. The Morgan fingerprint density at radius 1 is 1.19 bits per heavy atom. The third kappa shape index (κ3) is 6.24. The molecule has 0 aromatic heterocycles. The van der Waals surface area contributed by atoms with E-state index < -0.39 is 32.2 Å². The highest BCUT2D eigenvalue weighted by Crippen LogP contribution is 2.52. The zero-order valence-corrected chi connectivity index (χ0v) is 16.0. The summed E-state index contributed by atoms with van der Waals surface area (Å²) in [6.07, 6.45) is -1.68. The summed E-state index contributed by atoms with van der Waals surface area (Å²) in [5.74, 6) is -0.191. The number of aliphatic hydroxyl groups excluding tert-OH is 2. The summed E-state index contributed by atoms with van der Waals surface area (Å²) in [6.45, 7) is 0.145. The summed E-state index contributed by atoms with van der Waals surface area (Å²) < 4.78 is 39.7. The minimum absolute atomic E-state index is 0.0108. The summed E-state index contributed by atoms with van der Waals surface area (Å²) in [6, 6.07) is 0. The number of rotatable bonds is 10. The fraction of sp³-hybridized carbons (Fsp3) is 0.933. The van der Waals surface area contributed by atoms with E-state index in [1.54, 1.807) is 14.1 Å². The molecule has 2 aliphatic rings. The van der Waals surface area contributed by atoms with E-state index in [1.807, 2.05) is 0 Å². The molecule has 0 aromatic carbocycles. The third-order valence-corrected chi connectivity index (χ3v) is 5.72. The number of nitrogens with zero attached hydrogens (tertiary/aromatic N) is 1. The number of carbonyl (C=O) groups excluding carboxylic acids is 1. The first-order valence-electron chi connectivity index (χ1n) is 8.64. The number of ether oxygens (including phenoxy) is 2. The third-order valence-electron chi connectivity index (χ3n) is 4.23. The smallest absolute Gasteiger partial charge is 0.394 e. The van der Waals surface area contributed by atoms with Crippen molar-refractivity contribution in [3.63, 3.8) is 0 Å². The first-order valence-corrected chi connectivity index (χ1v) is 10.1. The van der Waals surface area contributed by atoms with E-state index in [0.717, 1.165) is 0 Å². The van der Waals surface area contributed by atoms with E-state index in [4.69, 9.17) is 23.0 Å². The molecule has 2 unspecified atom stereocenters. The zero-order valence-electron chi connectivity index (χ0n) is 15.1. The molecule has 2 aliphatic heterocycles. The average Bonchev–Trinajstić information content (AvgIpc) is 3.21. The van der Waals surface area contributed by atoms with Gasteiger partial charge in [0.15, 0.2) is 0 Å². The van der Waals surface area contributed by atoms with Crippen molar-refractivity contribution in [2.75, 3.05) is 47.1 Å². The molecule has 2 heterocycles. The molecule has 0 saturated carbocycles. The van der Waals surface area contributed by atoms with Gasteiger partial charge < -0.3 is 24.6 Å². The topological polar surface area (TPSA) is 124 Å². The molecule has 152 valence electrons. The molecule has 0 radical (unpaired) electrons. The van der Waals surface area contributed by atoms with Gasteiger partial charge in [-0.1, -0.05) is 0 Å². The molecule has 26 heavy (non-hydrogen) atoms. The first-order chi connectivity index (χ1) is 12.3. The van der Waals surface area contributed by atoms with Crippen LogP contribution in [0.5, 0.6) is 0 Å². The minimum atomic E-state index is -4.04. The van der Waals surface area contributed by atoms with Crippen LogP contribution < -0.4 is 0 Å². The number of phosphoric acid groups is 1. The van der Waals surface area contributed by atoms with Crippen molar-refractivity contribution in [2.24, 2.45) is 0 Å². The average molecular weight is 397 g/mol. The van der Waals surface area contributed by atoms with E-state index in [9.17, 15) is 19.6 Å². The van der Waals surface area contributed by atoms with Gasteiger partial charge in [0.2, 0.25) is 5.91 Å². The molecule has 0 aliphatic carbocycles. The maximum atomic E-state index is 13.0. The molecule has 5 atom stereocenters. The monoisotopic (exact) mass is 397 g/mol. The van der Waals surface area contributed by atoms with Gasteiger partial charge in [0.1, 0.15) is 18.3 Å². The van der Waals surface area contributed by atoms with Gasteiger partial charge in [0, 0.05) is 33.7 Å². The van der Waals surface area contributed by atoms with Gasteiger partial charge in [-0.3, -0.25) is 18.4 Å². The van der Waals surface area contributed by atoms with Crippen molar-refractivity contribution in [1.29, 1.82) is 0 Å².